The Bertz CT molecular complexity index is 1160. The van der Waals surface area contributed by atoms with Gasteiger partial charge in [-0.1, -0.05) is 18.2 Å². The third kappa shape index (κ3) is 3.26. The summed E-state index contributed by atoms with van der Waals surface area (Å²) in [6.45, 7) is 0. The number of aromatic nitrogens is 2. The number of benzene rings is 1. The minimum Gasteiger partial charge on any atom is -0.284 e. The zero-order chi connectivity index (χ0) is 19.8. The number of fused-ring (bicyclic) bond motifs is 4. The van der Waals surface area contributed by atoms with E-state index in [4.69, 9.17) is 4.98 Å². The summed E-state index contributed by atoms with van der Waals surface area (Å²) in [5.41, 5.74) is 6.60. The second-order valence-electron chi connectivity index (χ2n) is 7.89. The van der Waals surface area contributed by atoms with Crippen LogP contribution in [0.3, 0.4) is 0 Å². The number of carbonyl (C=O) groups is 1. The maximum Gasteiger partial charge on any atom is 0.232 e. The van der Waals surface area contributed by atoms with E-state index in [1.54, 1.807) is 0 Å². The van der Waals surface area contributed by atoms with Gasteiger partial charge in [0.25, 0.3) is 0 Å². The van der Waals surface area contributed by atoms with Gasteiger partial charge >= 0.3 is 0 Å². The lowest BCUT2D eigenvalue weighted by Crippen LogP contribution is -2.16. The molecule has 3 aromatic rings. The van der Waals surface area contributed by atoms with Gasteiger partial charge in [0, 0.05) is 28.9 Å². The second kappa shape index (κ2) is 7.68. The Morgan fingerprint density at radius 2 is 2.00 bits per heavy atom. The first kappa shape index (κ1) is 18.4. The maximum atomic E-state index is 13.2. The number of rotatable bonds is 4. The molecule has 0 saturated heterocycles. The van der Waals surface area contributed by atoms with Crippen LogP contribution in [0.2, 0.25) is 0 Å². The topological polar surface area (TPSA) is 58.7 Å². The molecule has 0 radical (unpaired) electrons. The number of para-hydroxylation sites is 1. The van der Waals surface area contributed by atoms with Gasteiger partial charge in [0.15, 0.2) is 0 Å². The van der Waals surface area contributed by atoms with E-state index in [1.807, 2.05) is 16.7 Å². The molecule has 2 heterocycles. The zero-order valence-corrected chi connectivity index (χ0v) is 17.2. The summed E-state index contributed by atoms with van der Waals surface area (Å²) in [6.07, 6.45) is 7.97. The van der Waals surface area contributed by atoms with E-state index in [9.17, 15) is 10.1 Å². The Balaban J connectivity index is 1.37. The molecular weight excluding hydrogens is 378 g/mol. The lowest BCUT2D eigenvalue weighted by Gasteiger charge is -2.15. The predicted molar refractivity (Wildman–Crippen MR) is 116 cm³/mol. The number of hydrogen-bond acceptors (Lipinski definition) is 4. The number of carbonyl (C=O) groups excluding carboxylic acids is 1. The lowest BCUT2D eigenvalue weighted by molar-refractivity contribution is 0.0912. The van der Waals surface area contributed by atoms with E-state index in [0.29, 0.717) is 17.7 Å². The second-order valence-corrected chi connectivity index (χ2v) is 8.97. The van der Waals surface area contributed by atoms with Crippen molar-refractivity contribution in [3.63, 3.8) is 0 Å². The molecule has 1 aromatic carbocycles. The smallest absolute Gasteiger partial charge is 0.232 e. The number of nitrogens with zero attached hydrogens (tertiary/aromatic N) is 3. The molecule has 146 valence electrons. The van der Waals surface area contributed by atoms with Crippen LogP contribution in [0, 0.1) is 11.3 Å². The number of nitriles is 1. The Hall–Kier alpha value is -2.58. The molecule has 5 rings (SSSR count). The number of hydrogen-bond donors (Lipinski definition) is 0. The summed E-state index contributed by atoms with van der Waals surface area (Å²) < 4.78 is 1.96. The van der Waals surface area contributed by atoms with E-state index < -0.39 is 0 Å². The van der Waals surface area contributed by atoms with Crippen molar-refractivity contribution >= 4 is 28.6 Å². The molecular formula is C24H23N3OS. The molecule has 0 aliphatic heterocycles. The van der Waals surface area contributed by atoms with Crippen LogP contribution < -0.4 is 0 Å². The summed E-state index contributed by atoms with van der Waals surface area (Å²) in [4.78, 5) is 17.9. The van der Waals surface area contributed by atoms with Crippen molar-refractivity contribution in [2.75, 3.05) is 5.75 Å². The van der Waals surface area contributed by atoms with Crippen LogP contribution in [0.25, 0.3) is 10.9 Å². The SMILES string of the molecule is N#Cc1cc2c(nc1SCCC(=O)n1c3c(c4ccccc41)CCCC3)CCC2. The molecule has 0 amide bonds. The molecule has 5 heteroatoms. The summed E-state index contributed by atoms with van der Waals surface area (Å²) >= 11 is 1.54. The van der Waals surface area contributed by atoms with Gasteiger partial charge in [0.1, 0.15) is 11.1 Å². The van der Waals surface area contributed by atoms with Crippen LogP contribution in [-0.4, -0.2) is 21.2 Å². The fraction of sp³-hybridized carbons (Fsp3) is 0.375. The Morgan fingerprint density at radius 3 is 2.90 bits per heavy atom. The van der Waals surface area contributed by atoms with Crippen molar-refractivity contribution < 1.29 is 4.79 Å². The van der Waals surface area contributed by atoms with Gasteiger partial charge in [-0.15, -0.1) is 11.8 Å². The average Bonchev–Trinajstić information content (AvgIpc) is 3.34. The Labute approximate surface area is 174 Å². The van der Waals surface area contributed by atoms with Gasteiger partial charge in [0.05, 0.1) is 11.1 Å². The van der Waals surface area contributed by atoms with Crippen molar-refractivity contribution in [3.05, 3.63) is 58.4 Å². The van der Waals surface area contributed by atoms with Crippen LogP contribution in [-0.2, 0) is 25.7 Å². The zero-order valence-electron chi connectivity index (χ0n) is 16.4. The highest BCUT2D eigenvalue weighted by atomic mass is 32.2. The minimum atomic E-state index is 0.150. The number of aryl methyl sites for hydroxylation is 3. The minimum absolute atomic E-state index is 0.150. The van der Waals surface area contributed by atoms with E-state index >= 15 is 0 Å². The monoisotopic (exact) mass is 401 g/mol. The molecule has 4 nitrogen and oxygen atoms in total. The first-order valence-electron chi connectivity index (χ1n) is 10.5. The average molecular weight is 402 g/mol. The van der Waals surface area contributed by atoms with Gasteiger partial charge in [-0.05, 0) is 68.2 Å². The third-order valence-electron chi connectivity index (χ3n) is 6.12. The van der Waals surface area contributed by atoms with Gasteiger partial charge in [-0.3, -0.25) is 9.36 Å². The molecule has 2 aliphatic carbocycles. The van der Waals surface area contributed by atoms with E-state index in [-0.39, 0.29) is 5.91 Å². The molecule has 0 N–H and O–H groups in total. The van der Waals surface area contributed by atoms with Gasteiger partial charge < -0.3 is 0 Å². The number of pyridine rings is 1. The van der Waals surface area contributed by atoms with Crippen molar-refractivity contribution in [2.45, 2.75) is 56.4 Å². The van der Waals surface area contributed by atoms with Crippen LogP contribution in [0.5, 0.6) is 0 Å². The highest BCUT2D eigenvalue weighted by Gasteiger charge is 2.23. The van der Waals surface area contributed by atoms with Crippen molar-refractivity contribution in [2.24, 2.45) is 0 Å². The highest BCUT2D eigenvalue weighted by Crippen LogP contribution is 2.33. The standard InChI is InChI=1S/C24H23N3OS/c25-15-17-14-16-6-5-9-20(16)26-24(17)29-13-12-23(28)27-21-10-3-1-7-18(21)19-8-2-4-11-22(19)27/h1,3,7,10,14H,2,4-6,8-9,11-13H2. The quantitative estimate of drug-likeness (QED) is 0.571. The lowest BCUT2D eigenvalue weighted by atomic mass is 9.95. The molecule has 0 spiro atoms. The van der Waals surface area contributed by atoms with Crippen LogP contribution in [0.15, 0.2) is 35.4 Å². The van der Waals surface area contributed by atoms with Gasteiger partial charge in [0.2, 0.25) is 5.91 Å². The van der Waals surface area contributed by atoms with Crippen LogP contribution in [0.1, 0.15) is 58.6 Å². The van der Waals surface area contributed by atoms with Crippen molar-refractivity contribution in [1.82, 2.24) is 9.55 Å². The summed E-state index contributed by atoms with van der Waals surface area (Å²) in [7, 11) is 0. The molecule has 0 unspecified atom stereocenters. The summed E-state index contributed by atoms with van der Waals surface area (Å²) in [6, 6.07) is 12.6. The molecule has 2 aromatic heterocycles. The molecule has 0 saturated carbocycles. The maximum absolute atomic E-state index is 13.2. The first-order valence-corrected chi connectivity index (χ1v) is 11.4. The van der Waals surface area contributed by atoms with E-state index in [2.05, 4.69) is 24.3 Å². The van der Waals surface area contributed by atoms with Crippen molar-refractivity contribution in [3.8, 4) is 6.07 Å². The van der Waals surface area contributed by atoms with Crippen molar-refractivity contribution in [1.29, 1.82) is 5.26 Å². The molecule has 2 aliphatic rings. The van der Waals surface area contributed by atoms with E-state index in [1.165, 1.54) is 40.4 Å². The van der Waals surface area contributed by atoms with Crippen LogP contribution in [0.4, 0.5) is 0 Å². The Morgan fingerprint density at radius 1 is 1.14 bits per heavy atom. The molecule has 0 atom stereocenters. The summed E-state index contributed by atoms with van der Waals surface area (Å²) in [5.74, 6) is 0.789. The molecule has 0 fully saturated rings. The number of thioether (sulfide) groups is 1. The largest absolute Gasteiger partial charge is 0.284 e. The molecule has 29 heavy (non-hydrogen) atoms. The fourth-order valence-electron chi connectivity index (χ4n) is 4.77. The summed E-state index contributed by atoms with van der Waals surface area (Å²) in [5, 5.41) is 11.5. The normalized spacial score (nSPS) is 15.1. The fourth-order valence-corrected chi connectivity index (χ4v) is 5.68. The Kier molecular flexibility index (Phi) is 4.89. The molecule has 0 bridgehead atoms. The predicted octanol–water partition coefficient (Wildman–Crippen LogP) is 5.10. The van der Waals surface area contributed by atoms with Gasteiger partial charge in [-0.25, -0.2) is 4.98 Å². The van der Waals surface area contributed by atoms with Gasteiger partial charge in [-0.2, -0.15) is 5.26 Å². The highest BCUT2D eigenvalue weighted by molar-refractivity contribution is 7.99. The third-order valence-corrected chi connectivity index (χ3v) is 7.11. The first-order chi connectivity index (χ1) is 14.3. The van der Waals surface area contributed by atoms with Crippen LogP contribution >= 0.6 is 11.8 Å². The van der Waals surface area contributed by atoms with E-state index in [0.717, 1.165) is 54.8 Å².